The minimum absolute atomic E-state index is 0.878. The lowest BCUT2D eigenvalue weighted by Gasteiger charge is -2.26. The van der Waals surface area contributed by atoms with E-state index in [2.05, 4.69) is 41.4 Å². The molecule has 4 heteroatoms. The molecule has 0 radical (unpaired) electrons. The molecule has 1 fully saturated rings. The number of benzene rings is 1. The van der Waals surface area contributed by atoms with Crippen LogP contribution < -0.4 is 5.32 Å². The molecule has 18 heavy (non-hydrogen) atoms. The summed E-state index contributed by atoms with van der Waals surface area (Å²) in [5.41, 5.74) is 1.21. The number of ether oxygens (including phenoxy) is 1. The normalized spacial score (nSPS) is 16.7. The predicted molar refractivity (Wildman–Crippen MR) is 78.6 cm³/mol. The quantitative estimate of drug-likeness (QED) is 0.800. The Balaban J connectivity index is 1.69. The summed E-state index contributed by atoms with van der Waals surface area (Å²) in [6.45, 7) is 8.15. The van der Waals surface area contributed by atoms with Crippen LogP contribution in [0.15, 0.2) is 29.2 Å². The Morgan fingerprint density at radius 1 is 1.22 bits per heavy atom. The molecule has 1 heterocycles. The van der Waals surface area contributed by atoms with Gasteiger partial charge in [-0.2, -0.15) is 0 Å². The van der Waals surface area contributed by atoms with Gasteiger partial charge in [0.25, 0.3) is 0 Å². The monoisotopic (exact) mass is 266 g/mol. The largest absolute Gasteiger partial charge is 0.384 e. The van der Waals surface area contributed by atoms with Crippen LogP contribution in [0.25, 0.3) is 0 Å². The average Bonchev–Trinajstić information content (AvgIpc) is 2.42. The summed E-state index contributed by atoms with van der Waals surface area (Å²) in [6.07, 6.45) is 0. The van der Waals surface area contributed by atoms with Gasteiger partial charge in [0.15, 0.2) is 0 Å². The summed E-state index contributed by atoms with van der Waals surface area (Å²) < 4.78 is 5.34. The van der Waals surface area contributed by atoms with Gasteiger partial charge in [-0.1, -0.05) is 6.92 Å². The molecule has 1 aliphatic rings. The number of morpholine rings is 1. The van der Waals surface area contributed by atoms with Crippen LogP contribution in [-0.4, -0.2) is 50.0 Å². The molecule has 1 aliphatic heterocycles. The van der Waals surface area contributed by atoms with E-state index in [-0.39, 0.29) is 0 Å². The Morgan fingerprint density at radius 2 is 1.94 bits per heavy atom. The molecular weight excluding hydrogens is 244 g/mol. The molecule has 0 atom stereocenters. The molecule has 0 spiro atoms. The van der Waals surface area contributed by atoms with Gasteiger partial charge in [-0.3, -0.25) is 4.90 Å². The van der Waals surface area contributed by atoms with Crippen molar-refractivity contribution in [1.29, 1.82) is 0 Å². The lowest BCUT2D eigenvalue weighted by Crippen LogP contribution is -2.38. The van der Waals surface area contributed by atoms with Crippen LogP contribution in [0.5, 0.6) is 0 Å². The van der Waals surface area contributed by atoms with Crippen LogP contribution in [0.3, 0.4) is 0 Å². The SMILES string of the molecule is CCSc1ccc(NCCN2CCOCC2)cc1. The van der Waals surface area contributed by atoms with Crippen molar-refractivity contribution in [2.75, 3.05) is 50.5 Å². The van der Waals surface area contributed by atoms with E-state index >= 15 is 0 Å². The van der Waals surface area contributed by atoms with Crippen molar-refractivity contribution >= 4 is 17.4 Å². The van der Waals surface area contributed by atoms with Gasteiger partial charge in [0.05, 0.1) is 13.2 Å². The van der Waals surface area contributed by atoms with E-state index in [1.807, 2.05) is 11.8 Å². The Morgan fingerprint density at radius 3 is 2.61 bits per heavy atom. The zero-order valence-electron chi connectivity index (χ0n) is 11.0. The highest BCUT2D eigenvalue weighted by Gasteiger charge is 2.08. The van der Waals surface area contributed by atoms with Crippen LogP contribution in [-0.2, 0) is 4.74 Å². The number of hydrogen-bond acceptors (Lipinski definition) is 4. The molecule has 1 aromatic rings. The smallest absolute Gasteiger partial charge is 0.0594 e. The van der Waals surface area contributed by atoms with Crippen molar-refractivity contribution in [3.8, 4) is 0 Å². The molecule has 0 unspecified atom stereocenters. The van der Waals surface area contributed by atoms with Crippen LogP contribution >= 0.6 is 11.8 Å². The third-order valence-electron chi connectivity index (χ3n) is 3.03. The van der Waals surface area contributed by atoms with Crippen molar-refractivity contribution in [2.45, 2.75) is 11.8 Å². The predicted octanol–water partition coefficient (Wildman–Crippen LogP) is 2.54. The van der Waals surface area contributed by atoms with Crippen LogP contribution in [0.1, 0.15) is 6.92 Å². The molecule has 0 aromatic heterocycles. The number of anilines is 1. The lowest BCUT2D eigenvalue weighted by atomic mass is 10.3. The van der Waals surface area contributed by atoms with Crippen molar-refractivity contribution in [1.82, 2.24) is 4.90 Å². The van der Waals surface area contributed by atoms with Crippen LogP contribution in [0, 0.1) is 0 Å². The number of nitrogens with one attached hydrogen (secondary N) is 1. The molecule has 1 N–H and O–H groups in total. The Kier molecular flexibility index (Phi) is 5.84. The molecule has 0 saturated carbocycles. The molecule has 0 bridgehead atoms. The highest BCUT2D eigenvalue weighted by atomic mass is 32.2. The van der Waals surface area contributed by atoms with E-state index in [9.17, 15) is 0 Å². The van der Waals surface area contributed by atoms with Gasteiger partial charge < -0.3 is 10.1 Å². The van der Waals surface area contributed by atoms with Crippen LogP contribution in [0.4, 0.5) is 5.69 Å². The number of rotatable bonds is 6. The number of nitrogens with zero attached hydrogens (tertiary/aromatic N) is 1. The van der Waals surface area contributed by atoms with Gasteiger partial charge in [0, 0.05) is 36.8 Å². The van der Waals surface area contributed by atoms with E-state index in [4.69, 9.17) is 4.74 Å². The van der Waals surface area contributed by atoms with Crippen molar-refractivity contribution in [2.24, 2.45) is 0 Å². The first-order valence-electron chi connectivity index (χ1n) is 6.65. The Bertz CT molecular complexity index is 336. The minimum Gasteiger partial charge on any atom is -0.384 e. The van der Waals surface area contributed by atoms with Gasteiger partial charge in [-0.05, 0) is 30.0 Å². The van der Waals surface area contributed by atoms with Crippen molar-refractivity contribution < 1.29 is 4.74 Å². The first kappa shape index (κ1) is 13.7. The fourth-order valence-corrected chi connectivity index (χ4v) is 2.68. The second-order valence-electron chi connectivity index (χ2n) is 4.34. The van der Waals surface area contributed by atoms with E-state index in [0.717, 1.165) is 45.1 Å². The maximum Gasteiger partial charge on any atom is 0.0594 e. The maximum atomic E-state index is 5.34. The molecule has 0 aliphatic carbocycles. The first-order valence-corrected chi connectivity index (χ1v) is 7.64. The van der Waals surface area contributed by atoms with Gasteiger partial charge in [-0.15, -0.1) is 11.8 Å². The highest BCUT2D eigenvalue weighted by molar-refractivity contribution is 7.99. The van der Waals surface area contributed by atoms with Gasteiger partial charge in [-0.25, -0.2) is 0 Å². The van der Waals surface area contributed by atoms with Crippen LogP contribution in [0.2, 0.25) is 0 Å². The van der Waals surface area contributed by atoms with E-state index in [1.54, 1.807) is 0 Å². The van der Waals surface area contributed by atoms with Crippen molar-refractivity contribution in [3.05, 3.63) is 24.3 Å². The summed E-state index contributed by atoms with van der Waals surface area (Å²) in [7, 11) is 0. The zero-order valence-corrected chi connectivity index (χ0v) is 11.8. The summed E-state index contributed by atoms with van der Waals surface area (Å²) in [5.74, 6) is 1.13. The lowest BCUT2D eigenvalue weighted by molar-refractivity contribution is 0.0398. The van der Waals surface area contributed by atoms with Gasteiger partial charge >= 0.3 is 0 Å². The zero-order chi connectivity index (χ0) is 12.6. The summed E-state index contributed by atoms with van der Waals surface area (Å²) in [5, 5.41) is 3.47. The maximum absolute atomic E-state index is 5.34. The fraction of sp³-hybridized carbons (Fsp3) is 0.571. The third kappa shape index (κ3) is 4.52. The summed E-state index contributed by atoms with van der Waals surface area (Å²) in [6, 6.07) is 8.70. The third-order valence-corrected chi connectivity index (χ3v) is 3.92. The topological polar surface area (TPSA) is 24.5 Å². The molecule has 2 rings (SSSR count). The molecule has 3 nitrogen and oxygen atoms in total. The second kappa shape index (κ2) is 7.67. The minimum atomic E-state index is 0.878. The Labute approximate surface area is 114 Å². The van der Waals surface area contributed by atoms with E-state index < -0.39 is 0 Å². The van der Waals surface area contributed by atoms with E-state index in [0.29, 0.717) is 0 Å². The van der Waals surface area contributed by atoms with Gasteiger partial charge in [0.2, 0.25) is 0 Å². The average molecular weight is 266 g/mol. The highest BCUT2D eigenvalue weighted by Crippen LogP contribution is 2.19. The number of thioether (sulfide) groups is 1. The van der Waals surface area contributed by atoms with Gasteiger partial charge in [0.1, 0.15) is 0 Å². The molecule has 1 saturated heterocycles. The second-order valence-corrected chi connectivity index (χ2v) is 5.68. The summed E-state index contributed by atoms with van der Waals surface area (Å²) >= 11 is 1.88. The molecular formula is C14H22N2OS. The Hall–Kier alpha value is -0.710. The number of hydrogen-bond donors (Lipinski definition) is 1. The fourth-order valence-electron chi connectivity index (χ4n) is 2.02. The summed E-state index contributed by atoms with van der Waals surface area (Å²) in [4.78, 5) is 3.79. The van der Waals surface area contributed by atoms with E-state index in [1.165, 1.54) is 10.6 Å². The molecule has 1 aromatic carbocycles. The standard InChI is InChI=1S/C14H22N2OS/c1-2-18-14-5-3-13(4-6-14)15-7-8-16-9-11-17-12-10-16/h3-6,15H,2,7-12H2,1H3. The molecule has 100 valence electrons. The first-order chi connectivity index (χ1) is 8.88. The molecule has 0 amide bonds. The van der Waals surface area contributed by atoms with Crippen molar-refractivity contribution in [3.63, 3.8) is 0 Å².